The number of fused-ring (bicyclic) bond motifs is 3. The van der Waals surface area contributed by atoms with Gasteiger partial charge in [0.1, 0.15) is 0 Å². The second kappa shape index (κ2) is 5.14. The largest absolute Gasteiger partial charge is 0.323 e. The van der Waals surface area contributed by atoms with Crippen molar-refractivity contribution >= 4 is 11.0 Å². The molecule has 0 aliphatic carbocycles. The Balaban J connectivity index is 2.00. The van der Waals surface area contributed by atoms with Crippen molar-refractivity contribution in [3.63, 3.8) is 0 Å². The third-order valence-electron chi connectivity index (χ3n) is 4.63. The van der Waals surface area contributed by atoms with Crippen molar-refractivity contribution in [1.29, 1.82) is 0 Å². The lowest BCUT2D eigenvalue weighted by atomic mass is 9.89. The maximum absolute atomic E-state index is 11.7. The molecule has 0 unspecified atom stereocenters. The normalized spacial score (nSPS) is 15.1. The van der Waals surface area contributed by atoms with E-state index in [0.29, 0.717) is 0 Å². The highest BCUT2D eigenvalue weighted by Gasteiger charge is 2.22. The van der Waals surface area contributed by atoms with Gasteiger partial charge in [0.15, 0.2) is 0 Å². The van der Waals surface area contributed by atoms with Crippen LogP contribution in [0.3, 0.4) is 0 Å². The van der Waals surface area contributed by atoms with Crippen LogP contribution in [0.1, 0.15) is 18.1 Å². The lowest BCUT2D eigenvalue weighted by Gasteiger charge is -2.29. The third kappa shape index (κ3) is 2.07. The van der Waals surface area contributed by atoms with Crippen molar-refractivity contribution in [3.05, 3.63) is 58.0 Å². The Morgan fingerprint density at radius 2 is 1.95 bits per heavy atom. The molecule has 1 aromatic heterocycles. The van der Waals surface area contributed by atoms with Crippen molar-refractivity contribution in [3.8, 4) is 11.1 Å². The van der Waals surface area contributed by atoms with E-state index < -0.39 is 0 Å². The molecule has 2 heterocycles. The van der Waals surface area contributed by atoms with Crippen LogP contribution < -0.4 is 5.69 Å². The van der Waals surface area contributed by atoms with Crippen LogP contribution in [-0.2, 0) is 13.0 Å². The first-order valence-corrected chi connectivity index (χ1v) is 7.81. The fraction of sp³-hybridized carbons (Fsp3) is 0.278. The van der Waals surface area contributed by atoms with Crippen LogP contribution in [-0.4, -0.2) is 28.0 Å². The summed E-state index contributed by atoms with van der Waals surface area (Å²) in [5.74, 6) is 0. The summed E-state index contributed by atoms with van der Waals surface area (Å²) >= 11 is 0. The van der Waals surface area contributed by atoms with Crippen molar-refractivity contribution in [1.82, 2.24) is 14.9 Å². The number of hydrogen-bond acceptors (Lipinski definition) is 2. The number of nitrogens with one attached hydrogen (secondary N) is 2. The SMILES string of the molecule is CCN1CCc2c(-c3ccccc3)cc3[nH]c(=O)[nH]c3c2C1. The van der Waals surface area contributed by atoms with Crippen molar-refractivity contribution < 1.29 is 0 Å². The van der Waals surface area contributed by atoms with Gasteiger partial charge in [0.25, 0.3) is 0 Å². The van der Waals surface area contributed by atoms with Gasteiger partial charge in [-0.2, -0.15) is 0 Å². The lowest BCUT2D eigenvalue weighted by molar-refractivity contribution is 0.269. The second-order valence-electron chi connectivity index (χ2n) is 5.87. The Bertz CT molecular complexity index is 876. The molecule has 0 atom stereocenters. The third-order valence-corrected chi connectivity index (χ3v) is 4.63. The van der Waals surface area contributed by atoms with E-state index in [9.17, 15) is 4.79 Å². The fourth-order valence-electron chi connectivity index (χ4n) is 3.47. The number of rotatable bonds is 2. The average molecular weight is 293 g/mol. The number of benzene rings is 2. The van der Waals surface area contributed by atoms with E-state index in [2.05, 4.69) is 52.1 Å². The molecule has 2 aromatic carbocycles. The summed E-state index contributed by atoms with van der Waals surface area (Å²) in [6.45, 7) is 5.19. The number of imidazole rings is 1. The molecule has 0 spiro atoms. The van der Waals surface area contributed by atoms with Gasteiger partial charge in [-0.25, -0.2) is 4.79 Å². The first-order valence-electron chi connectivity index (χ1n) is 7.81. The predicted octanol–water partition coefficient (Wildman–Crippen LogP) is 2.90. The molecule has 0 radical (unpaired) electrons. The molecule has 3 aromatic rings. The van der Waals surface area contributed by atoms with Crippen LogP contribution in [0.25, 0.3) is 22.2 Å². The molecule has 22 heavy (non-hydrogen) atoms. The molecule has 4 nitrogen and oxygen atoms in total. The van der Waals surface area contributed by atoms with E-state index >= 15 is 0 Å². The Morgan fingerprint density at radius 1 is 1.14 bits per heavy atom. The van der Waals surface area contributed by atoms with E-state index in [1.807, 2.05) is 6.07 Å². The molecule has 4 rings (SSSR count). The summed E-state index contributed by atoms with van der Waals surface area (Å²) in [4.78, 5) is 20.1. The summed E-state index contributed by atoms with van der Waals surface area (Å²) in [5.41, 5.74) is 6.85. The van der Waals surface area contributed by atoms with E-state index in [-0.39, 0.29) is 5.69 Å². The van der Waals surface area contributed by atoms with Crippen LogP contribution >= 0.6 is 0 Å². The molecule has 4 heteroatoms. The summed E-state index contributed by atoms with van der Waals surface area (Å²) in [7, 11) is 0. The first-order chi connectivity index (χ1) is 10.8. The van der Waals surface area contributed by atoms with Crippen LogP contribution in [0.2, 0.25) is 0 Å². The van der Waals surface area contributed by atoms with Gasteiger partial charge in [-0.3, -0.25) is 4.90 Å². The van der Waals surface area contributed by atoms with Gasteiger partial charge in [-0.1, -0.05) is 37.3 Å². The highest BCUT2D eigenvalue weighted by Crippen LogP contribution is 2.34. The van der Waals surface area contributed by atoms with Crippen LogP contribution in [0.15, 0.2) is 41.2 Å². The Kier molecular flexibility index (Phi) is 3.12. The topological polar surface area (TPSA) is 51.9 Å². The zero-order valence-electron chi connectivity index (χ0n) is 12.6. The van der Waals surface area contributed by atoms with Gasteiger partial charge in [0.05, 0.1) is 11.0 Å². The Hall–Kier alpha value is -2.33. The van der Waals surface area contributed by atoms with Gasteiger partial charge in [-0.15, -0.1) is 0 Å². The molecule has 1 aliphatic heterocycles. The molecule has 112 valence electrons. The van der Waals surface area contributed by atoms with Crippen molar-refractivity contribution in [2.45, 2.75) is 19.9 Å². The van der Waals surface area contributed by atoms with Gasteiger partial charge < -0.3 is 9.97 Å². The number of aromatic nitrogens is 2. The molecule has 0 bridgehead atoms. The second-order valence-corrected chi connectivity index (χ2v) is 5.87. The quantitative estimate of drug-likeness (QED) is 0.763. The minimum atomic E-state index is -0.129. The Morgan fingerprint density at radius 3 is 2.73 bits per heavy atom. The maximum Gasteiger partial charge on any atom is 0.323 e. The average Bonchev–Trinajstić information content (AvgIpc) is 2.95. The van der Waals surface area contributed by atoms with E-state index in [1.54, 1.807) is 0 Å². The highest BCUT2D eigenvalue weighted by atomic mass is 16.1. The molecular weight excluding hydrogens is 274 g/mol. The summed E-state index contributed by atoms with van der Waals surface area (Å²) in [6, 6.07) is 12.5. The number of nitrogens with zero attached hydrogens (tertiary/aromatic N) is 1. The lowest BCUT2D eigenvalue weighted by Crippen LogP contribution is -2.30. The first kappa shape index (κ1) is 13.3. The summed E-state index contributed by atoms with van der Waals surface area (Å²) in [6.07, 6.45) is 1.02. The maximum atomic E-state index is 11.7. The standard InChI is InChI=1S/C18H19N3O/c1-2-21-9-8-13-14(12-6-4-3-5-7-12)10-16-17(15(13)11-21)20-18(22)19-16/h3-7,10H,2,8-9,11H2,1H3,(H2,19,20,22). The molecular formula is C18H19N3O. The Labute approximate surface area is 128 Å². The van der Waals surface area contributed by atoms with E-state index in [4.69, 9.17) is 0 Å². The van der Waals surface area contributed by atoms with Crippen LogP contribution in [0.4, 0.5) is 0 Å². The van der Waals surface area contributed by atoms with E-state index in [1.165, 1.54) is 22.3 Å². The molecule has 1 aliphatic rings. The fourth-order valence-corrected chi connectivity index (χ4v) is 3.47. The smallest absolute Gasteiger partial charge is 0.306 e. The van der Waals surface area contributed by atoms with Crippen molar-refractivity contribution in [2.24, 2.45) is 0 Å². The zero-order valence-corrected chi connectivity index (χ0v) is 12.6. The minimum Gasteiger partial charge on any atom is -0.306 e. The van der Waals surface area contributed by atoms with Gasteiger partial charge in [0, 0.05) is 13.1 Å². The number of H-pyrrole nitrogens is 2. The number of likely N-dealkylation sites (N-methyl/N-ethyl adjacent to an activating group) is 1. The van der Waals surface area contributed by atoms with E-state index in [0.717, 1.165) is 37.1 Å². The molecule has 0 fully saturated rings. The van der Waals surface area contributed by atoms with Gasteiger partial charge in [-0.05, 0) is 41.3 Å². The minimum absolute atomic E-state index is 0.129. The highest BCUT2D eigenvalue weighted by molar-refractivity contribution is 5.87. The molecule has 0 saturated carbocycles. The summed E-state index contributed by atoms with van der Waals surface area (Å²) in [5, 5.41) is 0. The molecule has 0 saturated heterocycles. The molecule has 2 N–H and O–H groups in total. The zero-order chi connectivity index (χ0) is 15.1. The number of hydrogen-bond donors (Lipinski definition) is 2. The van der Waals surface area contributed by atoms with Gasteiger partial charge >= 0.3 is 5.69 Å². The monoisotopic (exact) mass is 293 g/mol. The summed E-state index contributed by atoms with van der Waals surface area (Å²) < 4.78 is 0. The molecule has 0 amide bonds. The van der Waals surface area contributed by atoms with Crippen LogP contribution in [0.5, 0.6) is 0 Å². The van der Waals surface area contributed by atoms with Gasteiger partial charge in [0.2, 0.25) is 0 Å². The van der Waals surface area contributed by atoms with Crippen molar-refractivity contribution in [2.75, 3.05) is 13.1 Å². The predicted molar refractivity (Wildman–Crippen MR) is 89.0 cm³/mol. The van der Waals surface area contributed by atoms with Crippen LogP contribution in [0, 0.1) is 0 Å². The number of aromatic amines is 2.